The zero-order valence-corrected chi connectivity index (χ0v) is 8.14. The Kier molecular flexibility index (Phi) is 15.6. The summed E-state index contributed by atoms with van der Waals surface area (Å²) < 4.78 is 3.23. The SMILES string of the molecule is C=C[CH2][Mg][CH]=C.I. The summed E-state index contributed by atoms with van der Waals surface area (Å²) in [4.78, 5) is 0. The zero-order valence-electron chi connectivity index (χ0n) is 4.39. The third-order valence-corrected chi connectivity index (χ3v) is 1.72. The molecule has 0 nitrogen and oxygen atoms in total. The van der Waals surface area contributed by atoms with Gasteiger partial charge in [0.25, 0.3) is 0 Å². The summed E-state index contributed by atoms with van der Waals surface area (Å²) in [6, 6.07) is 0. The highest BCUT2D eigenvalue weighted by Gasteiger charge is 1.77. The summed E-state index contributed by atoms with van der Waals surface area (Å²) in [5.41, 5.74) is 0. The highest BCUT2D eigenvalue weighted by molar-refractivity contribution is 14.0. The lowest BCUT2D eigenvalue weighted by molar-refractivity contribution is 1.73. The summed E-state index contributed by atoms with van der Waals surface area (Å²) >= 11 is 0.0675. The minimum absolute atomic E-state index is 0. The molecule has 0 amide bonds. The molecular weight excluding hydrogens is 211 g/mol. The van der Waals surface area contributed by atoms with Crippen LogP contribution in [0.25, 0.3) is 0 Å². The van der Waals surface area contributed by atoms with Crippen LogP contribution in [0.15, 0.2) is 23.4 Å². The van der Waals surface area contributed by atoms with Gasteiger partial charge in [0, 0.05) is 0 Å². The van der Waals surface area contributed by atoms with Crippen molar-refractivity contribution in [3.63, 3.8) is 0 Å². The number of halogens is 1. The zero-order chi connectivity index (χ0) is 4.83. The van der Waals surface area contributed by atoms with Crippen molar-refractivity contribution in [2.45, 2.75) is 4.55 Å². The summed E-state index contributed by atoms with van der Waals surface area (Å²) in [7, 11) is 0. The Hall–Kier alpha value is 0.976. The van der Waals surface area contributed by atoms with Crippen LogP contribution >= 0.6 is 24.0 Å². The van der Waals surface area contributed by atoms with E-state index in [1.165, 1.54) is 4.55 Å². The van der Waals surface area contributed by atoms with Gasteiger partial charge < -0.3 is 0 Å². The van der Waals surface area contributed by atoms with Gasteiger partial charge >= 0.3 is 20.4 Å². The van der Waals surface area contributed by atoms with Crippen LogP contribution in [0, 0.1) is 0 Å². The first-order valence-electron chi connectivity index (χ1n) is 2.13. The molecule has 0 aliphatic rings. The monoisotopic (exact) mass is 220 g/mol. The maximum absolute atomic E-state index is 3.61. The summed E-state index contributed by atoms with van der Waals surface area (Å²) in [6.45, 7) is 7.20. The Labute approximate surface area is 71.8 Å². The standard InChI is InChI=1S/C3H5.C2H3.HI.Mg/c1-3-2;1-2;;/h3H,1-2H2;1H,2H2;1H;. The third kappa shape index (κ3) is 10.9. The second-order valence-corrected chi connectivity index (χ2v) is 2.89. The van der Waals surface area contributed by atoms with Crippen molar-refractivity contribution in [3.8, 4) is 0 Å². The minimum atomic E-state index is 0. The minimum Gasteiger partial charge on any atom is -0.214 e. The summed E-state index contributed by atoms with van der Waals surface area (Å²) in [6.07, 6.45) is 1.95. The molecule has 0 unspecified atom stereocenters. The van der Waals surface area contributed by atoms with E-state index in [1.807, 2.05) is 10.3 Å². The third-order valence-electron chi connectivity index (χ3n) is 0.575. The van der Waals surface area contributed by atoms with Gasteiger partial charge in [-0.3, -0.25) is 0 Å². The molecule has 0 aromatic carbocycles. The molecular formula is C5H9IMg. The molecule has 0 aliphatic carbocycles. The molecule has 0 fully saturated rings. The van der Waals surface area contributed by atoms with Crippen LogP contribution < -0.4 is 0 Å². The van der Waals surface area contributed by atoms with Crippen molar-refractivity contribution >= 4 is 44.3 Å². The normalized spacial score (nSPS) is 5.14. The molecule has 0 spiro atoms. The average molecular weight is 220 g/mol. The van der Waals surface area contributed by atoms with Crippen molar-refractivity contribution in [1.29, 1.82) is 0 Å². The van der Waals surface area contributed by atoms with Gasteiger partial charge in [-0.2, -0.15) is 0 Å². The molecule has 0 atom stereocenters. The van der Waals surface area contributed by atoms with E-state index in [0.717, 1.165) is 0 Å². The first-order valence-corrected chi connectivity index (χ1v) is 3.95. The molecule has 38 valence electrons. The van der Waals surface area contributed by atoms with E-state index in [9.17, 15) is 0 Å². The lowest BCUT2D eigenvalue weighted by Gasteiger charge is -1.70. The van der Waals surface area contributed by atoms with E-state index in [4.69, 9.17) is 0 Å². The number of hydrogen-bond acceptors (Lipinski definition) is 0. The molecule has 0 aromatic rings. The quantitative estimate of drug-likeness (QED) is 0.295. The molecule has 0 aliphatic heterocycles. The Morgan fingerprint density at radius 2 is 2.00 bits per heavy atom. The van der Waals surface area contributed by atoms with Crippen LogP contribution in [0.1, 0.15) is 0 Å². The highest BCUT2D eigenvalue weighted by Crippen LogP contribution is 1.75. The molecule has 0 heterocycles. The first kappa shape index (κ1) is 10.9. The van der Waals surface area contributed by atoms with Crippen molar-refractivity contribution in [1.82, 2.24) is 0 Å². The number of hydrogen-bond donors (Lipinski definition) is 0. The summed E-state index contributed by atoms with van der Waals surface area (Å²) in [5, 5.41) is 0. The molecule has 0 saturated carbocycles. The van der Waals surface area contributed by atoms with Gasteiger partial charge in [0.05, 0.1) is 0 Å². The van der Waals surface area contributed by atoms with Gasteiger partial charge in [-0.25, -0.2) is 4.21 Å². The largest absolute Gasteiger partial charge is 0.400 e. The predicted octanol–water partition coefficient (Wildman–Crippen LogP) is 2.06. The predicted molar refractivity (Wildman–Crippen MR) is 46.4 cm³/mol. The first-order chi connectivity index (χ1) is 2.91. The molecule has 0 saturated heterocycles. The summed E-state index contributed by atoms with van der Waals surface area (Å²) in [5.74, 6) is 0. The van der Waals surface area contributed by atoms with Gasteiger partial charge in [-0.05, 0) is 0 Å². The van der Waals surface area contributed by atoms with Crippen molar-refractivity contribution in [3.05, 3.63) is 23.4 Å². The van der Waals surface area contributed by atoms with E-state index in [2.05, 4.69) is 13.2 Å². The fraction of sp³-hybridized carbons (Fsp3) is 0.200. The number of allylic oxidation sites excluding steroid dienone is 1. The fourth-order valence-corrected chi connectivity index (χ4v) is 0.707. The van der Waals surface area contributed by atoms with Crippen molar-refractivity contribution in [2.75, 3.05) is 0 Å². The van der Waals surface area contributed by atoms with Gasteiger partial charge in [0.1, 0.15) is 0 Å². The Morgan fingerprint density at radius 3 is 2.14 bits per heavy atom. The lowest BCUT2D eigenvalue weighted by atomic mass is 10.8. The van der Waals surface area contributed by atoms with Crippen LogP contribution in [0.2, 0.25) is 4.55 Å². The van der Waals surface area contributed by atoms with Gasteiger partial charge in [0.15, 0.2) is 0 Å². The molecule has 0 radical (unpaired) electrons. The van der Waals surface area contributed by atoms with Crippen molar-refractivity contribution in [2.24, 2.45) is 0 Å². The molecule has 0 rings (SSSR count). The van der Waals surface area contributed by atoms with Crippen LogP contribution in [0.4, 0.5) is 0 Å². The van der Waals surface area contributed by atoms with E-state index in [0.29, 0.717) is 0 Å². The van der Waals surface area contributed by atoms with Gasteiger partial charge in [-0.1, -0.05) is 0 Å². The lowest BCUT2D eigenvalue weighted by Crippen LogP contribution is -1.74. The molecule has 0 N–H and O–H groups in total. The van der Waals surface area contributed by atoms with Crippen LogP contribution in [0.5, 0.6) is 0 Å². The average Bonchev–Trinajstić information content (AvgIpc) is 1.61. The van der Waals surface area contributed by atoms with Gasteiger partial charge in [-0.15, -0.1) is 47.8 Å². The van der Waals surface area contributed by atoms with Crippen molar-refractivity contribution < 1.29 is 0 Å². The second-order valence-electron chi connectivity index (χ2n) is 1.15. The van der Waals surface area contributed by atoms with Crippen LogP contribution in [0.3, 0.4) is 0 Å². The molecule has 0 aromatic heterocycles. The topological polar surface area (TPSA) is 0 Å². The van der Waals surface area contributed by atoms with Crippen LogP contribution in [-0.2, 0) is 0 Å². The Bertz CT molecular complexity index is 44.0. The molecule has 2 heteroatoms. The maximum atomic E-state index is 3.61. The molecule has 0 bridgehead atoms. The highest BCUT2D eigenvalue weighted by atomic mass is 127. The van der Waals surface area contributed by atoms with Crippen LogP contribution in [-0.4, -0.2) is 20.4 Å². The Morgan fingerprint density at radius 1 is 1.43 bits per heavy atom. The van der Waals surface area contributed by atoms with E-state index < -0.39 is 0 Å². The number of rotatable bonds is 3. The molecule has 7 heavy (non-hydrogen) atoms. The smallest absolute Gasteiger partial charge is 0.214 e. The second kappa shape index (κ2) is 10.1. The fourth-order valence-electron chi connectivity index (χ4n) is 0.236. The van der Waals surface area contributed by atoms with E-state index in [1.54, 1.807) is 0 Å². The Balaban J connectivity index is 0. The van der Waals surface area contributed by atoms with E-state index >= 15 is 0 Å². The van der Waals surface area contributed by atoms with E-state index in [-0.39, 0.29) is 44.3 Å². The van der Waals surface area contributed by atoms with Gasteiger partial charge in [0.2, 0.25) is 0 Å². The maximum Gasteiger partial charge on any atom is 0.400 e.